The van der Waals surface area contributed by atoms with Crippen LogP contribution in [0.4, 0.5) is 0 Å². The highest BCUT2D eigenvalue weighted by molar-refractivity contribution is 7.98. The van der Waals surface area contributed by atoms with Crippen LogP contribution < -0.4 is 0 Å². The first kappa shape index (κ1) is 11.7. The molecule has 0 saturated carbocycles. The number of fused-ring (bicyclic) bond motifs is 1. The first-order valence-electron chi connectivity index (χ1n) is 5.63. The van der Waals surface area contributed by atoms with Crippen LogP contribution in [0.2, 0.25) is 0 Å². The summed E-state index contributed by atoms with van der Waals surface area (Å²) in [7, 11) is 0. The Morgan fingerprint density at radius 3 is 2.79 bits per heavy atom. The average molecular weight is 267 g/mol. The van der Waals surface area contributed by atoms with Crippen LogP contribution in [-0.2, 0) is 5.75 Å². The maximum atomic E-state index is 8.75. The van der Waals surface area contributed by atoms with Crippen LogP contribution in [-0.4, -0.2) is 19.9 Å². The molecule has 0 atom stereocenters. The van der Waals surface area contributed by atoms with Crippen molar-refractivity contribution in [3.8, 4) is 6.07 Å². The number of thioether (sulfide) groups is 1. The fourth-order valence-corrected chi connectivity index (χ4v) is 2.58. The van der Waals surface area contributed by atoms with Crippen molar-refractivity contribution in [2.24, 2.45) is 0 Å². The molecule has 0 unspecified atom stereocenters. The maximum absolute atomic E-state index is 8.75. The van der Waals surface area contributed by atoms with E-state index in [9.17, 15) is 0 Å². The second-order valence-corrected chi connectivity index (χ2v) is 4.84. The molecule has 2 aromatic heterocycles. The van der Waals surface area contributed by atoms with E-state index in [1.807, 2.05) is 24.3 Å². The zero-order chi connectivity index (χ0) is 13.1. The van der Waals surface area contributed by atoms with Gasteiger partial charge in [-0.2, -0.15) is 5.26 Å². The number of rotatable bonds is 3. The van der Waals surface area contributed by atoms with Crippen molar-refractivity contribution in [2.45, 2.75) is 10.8 Å². The average Bonchev–Trinajstić information content (AvgIpc) is 2.94. The van der Waals surface area contributed by atoms with Gasteiger partial charge in [-0.3, -0.25) is 0 Å². The Bertz CT molecular complexity index is 742. The third kappa shape index (κ3) is 2.41. The van der Waals surface area contributed by atoms with E-state index < -0.39 is 0 Å². The molecule has 1 N–H and O–H groups in total. The van der Waals surface area contributed by atoms with Crippen molar-refractivity contribution >= 4 is 22.9 Å². The van der Waals surface area contributed by atoms with E-state index in [-0.39, 0.29) is 0 Å². The molecule has 0 amide bonds. The number of H-pyrrole nitrogens is 1. The molecule has 0 saturated heterocycles. The van der Waals surface area contributed by atoms with Crippen molar-refractivity contribution in [3.05, 3.63) is 48.0 Å². The highest BCUT2D eigenvalue weighted by Crippen LogP contribution is 2.25. The summed E-state index contributed by atoms with van der Waals surface area (Å²) >= 11 is 1.60. The summed E-state index contributed by atoms with van der Waals surface area (Å²) in [5, 5.41) is 9.60. The third-order valence-corrected chi connectivity index (χ3v) is 3.69. The molecule has 3 rings (SSSR count). The molecular weight excluding hydrogens is 258 g/mol. The molecule has 0 radical (unpaired) electrons. The first-order valence-corrected chi connectivity index (χ1v) is 6.61. The predicted octanol–water partition coefficient (Wildman–Crippen LogP) is 2.52. The third-order valence-electron chi connectivity index (χ3n) is 2.64. The first-order chi connectivity index (χ1) is 9.36. The Kier molecular flexibility index (Phi) is 3.12. The van der Waals surface area contributed by atoms with Crippen LogP contribution in [0.15, 0.2) is 41.9 Å². The summed E-state index contributed by atoms with van der Waals surface area (Å²) in [5.41, 5.74) is 3.36. The quantitative estimate of drug-likeness (QED) is 0.582. The fourth-order valence-electron chi connectivity index (χ4n) is 1.68. The number of aromatic nitrogens is 4. The molecule has 0 spiro atoms. The van der Waals surface area contributed by atoms with E-state index in [1.54, 1.807) is 18.1 Å². The van der Waals surface area contributed by atoms with Crippen molar-refractivity contribution < 1.29 is 0 Å². The van der Waals surface area contributed by atoms with Gasteiger partial charge >= 0.3 is 0 Å². The lowest BCUT2D eigenvalue weighted by Crippen LogP contribution is -1.87. The predicted molar refractivity (Wildman–Crippen MR) is 72.4 cm³/mol. The minimum Gasteiger partial charge on any atom is -0.329 e. The Morgan fingerprint density at radius 1 is 1.16 bits per heavy atom. The van der Waals surface area contributed by atoms with Crippen LogP contribution >= 0.6 is 11.8 Å². The number of nitrogens with one attached hydrogen (secondary N) is 1. The number of imidazole rings is 1. The van der Waals surface area contributed by atoms with Gasteiger partial charge in [-0.1, -0.05) is 23.9 Å². The summed E-state index contributed by atoms with van der Waals surface area (Å²) in [4.78, 5) is 15.5. The van der Waals surface area contributed by atoms with Gasteiger partial charge in [-0.05, 0) is 17.7 Å². The smallest absolute Gasteiger partial charge is 0.161 e. The number of nitriles is 1. The lowest BCUT2D eigenvalue weighted by molar-refractivity contribution is 1.08. The van der Waals surface area contributed by atoms with Crippen LogP contribution in [0.5, 0.6) is 0 Å². The Balaban J connectivity index is 1.78. The largest absolute Gasteiger partial charge is 0.329 e. The number of nitrogens with zero attached hydrogens (tertiary/aromatic N) is 4. The monoisotopic (exact) mass is 267 g/mol. The molecule has 3 aromatic rings. The van der Waals surface area contributed by atoms with Crippen LogP contribution in [0.3, 0.4) is 0 Å². The lowest BCUT2D eigenvalue weighted by atomic mass is 10.2. The highest BCUT2D eigenvalue weighted by atomic mass is 32.2. The standard InChI is InChI=1S/C13H9N5S/c14-5-9-1-3-10(4-2-9)6-19-13-11-12(16-7-15-11)17-8-18-13/h1-4,7-8H,6H2,(H,15,16,17,18). The molecular formula is C13H9N5S. The van der Waals surface area contributed by atoms with Gasteiger partial charge in [0, 0.05) is 5.75 Å². The van der Waals surface area contributed by atoms with Gasteiger partial charge < -0.3 is 4.98 Å². The van der Waals surface area contributed by atoms with Crippen LogP contribution in [0, 0.1) is 11.3 Å². The minimum absolute atomic E-state index is 0.672. The van der Waals surface area contributed by atoms with Crippen LogP contribution in [0.1, 0.15) is 11.1 Å². The molecule has 2 heterocycles. The van der Waals surface area contributed by atoms with Gasteiger partial charge in [0.25, 0.3) is 0 Å². The molecule has 0 aliphatic rings. The number of benzene rings is 1. The summed E-state index contributed by atoms with van der Waals surface area (Å²) in [6, 6.07) is 9.65. The Morgan fingerprint density at radius 2 is 2.00 bits per heavy atom. The number of hydrogen-bond donors (Lipinski definition) is 1. The molecule has 0 aliphatic heterocycles. The minimum atomic E-state index is 0.672. The normalized spacial score (nSPS) is 10.5. The van der Waals surface area contributed by atoms with E-state index >= 15 is 0 Å². The van der Waals surface area contributed by atoms with E-state index in [0.29, 0.717) is 5.56 Å². The zero-order valence-corrected chi connectivity index (χ0v) is 10.7. The van der Waals surface area contributed by atoms with E-state index in [1.165, 1.54) is 6.33 Å². The fraction of sp³-hybridized carbons (Fsp3) is 0.0769. The van der Waals surface area contributed by atoms with Gasteiger partial charge in [-0.25, -0.2) is 15.0 Å². The van der Waals surface area contributed by atoms with E-state index in [2.05, 4.69) is 26.0 Å². The topological polar surface area (TPSA) is 78.2 Å². The van der Waals surface area contributed by atoms with Gasteiger partial charge in [0.15, 0.2) is 5.65 Å². The molecule has 1 aromatic carbocycles. The van der Waals surface area contributed by atoms with Crippen molar-refractivity contribution in [2.75, 3.05) is 0 Å². The SMILES string of the molecule is N#Cc1ccc(CSc2ncnc3[nH]cnc23)cc1. The van der Waals surface area contributed by atoms with E-state index in [4.69, 9.17) is 5.26 Å². The summed E-state index contributed by atoms with van der Waals surface area (Å²) < 4.78 is 0. The summed E-state index contributed by atoms with van der Waals surface area (Å²) in [5.74, 6) is 0.782. The molecule has 0 fully saturated rings. The van der Waals surface area contributed by atoms with Crippen molar-refractivity contribution in [1.82, 2.24) is 19.9 Å². The number of aromatic amines is 1. The molecule has 6 heteroatoms. The summed E-state index contributed by atoms with van der Waals surface area (Å²) in [6.07, 6.45) is 3.15. The zero-order valence-electron chi connectivity index (χ0n) is 9.87. The van der Waals surface area contributed by atoms with E-state index in [0.717, 1.165) is 27.5 Å². The molecule has 92 valence electrons. The van der Waals surface area contributed by atoms with Gasteiger partial charge in [-0.15, -0.1) is 0 Å². The highest BCUT2D eigenvalue weighted by Gasteiger charge is 2.06. The number of hydrogen-bond acceptors (Lipinski definition) is 5. The summed E-state index contributed by atoms with van der Waals surface area (Å²) in [6.45, 7) is 0. The Hall–Kier alpha value is -2.39. The second kappa shape index (κ2) is 5.08. The molecule has 0 bridgehead atoms. The maximum Gasteiger partial charge on any atom is 0.161 e. The lowest BCUT2D eigenvalue weighted by Gasteiger charge is -2.01. The Labute approximate surface area is 113 Å². The molecule has 5 nitrogen and oxygen atoms in total. The molecule has 0 aliphatic carbocycles. The molecule has 19 heavy (non-hydrogen) atoms. The van der Waals surface area contributed by atoms with Crippen molar-refractivity contribution in [1.29, 1.82) is 5.26 Å². The van der Waals surface area contributed by atoms with Gasteiger partial charge in [0.05, 0.1) is 18.0 Å². The van der Waals surface area contributed by atoms with Gasteiger partial charge in [0.1, 0.15) is 16.9 Å². The van der Waals surface area contributed by atoms with Crippen LogP contribution in [0.25, 0.3) is 11.2 Å². The van der Waals surface area contributed by atoms with Crippen molar-refractivity contribution in [3.63, 3.8) is 0 Å². The second-order valence-electron chi connectivity index (χ2n) is 3.88. The van der Waals surface area contributed by atoms with Gasteiger partial charge in [0.2, 0.25) is 0 Å².